The summed E-state index contributed by atoms with van der Waals surface area (Å²) in [5.74, 6) is 0. The molecule has 0 aliphatic heterocycles. The molecule has 1 aromatic carbocycles. The van der Waals surface area contributed by atoms with Crippen LogP contribution in [0.25, 0.3) is 0 Å². The van der Waals surface area contributed by atoms with Crippen LogP contribution in [0.3, 0.4) is 0 Å². The predicted octanol–water partition coefficient (Wildman–Crippen LogP) is 4.36. The Morgan fingerprint density at radius 2 is 1.80 bits per heavy atom. The maximum absolute atomic E-state index is 12.6. The van der Waals surface area contributed by atoms with E-state index in [4.69, 9.17) is 0 Å². The third kappa shape index (κ3) is 4.75. The molecule has 112 valence electrons. The van der Waals surface area contributed by atoms with Crippen molar-refractivity contribution in [3.8, 4) is 0 Å². The molecule has 1 rings (SSSR count). The van der Waals surface area contributed by atoms with Crippen LogP contribution in [0.5, 0.6) is 0 Å². The van der Waals surface area contributed by atoms with Gasteiger partial charge in [0.25, 0.3) is 0 Å². The molecular weight excluding hydrogens is 269 g/mol. The Morgan fingerprint density at radius 3 is 2.30 bits per heavy atom. The molecule has 6 heteroatoms. The summed E-state index contributed by atoms with van der Waals surface area (Å²) in [6, 6.07) is 4.28. The number of carbonyl (C=O) groups is 1. The van der Waals surface area contributed by atoms with Gasteiger partial charge in [-0.05, 0) is 31.0 Å². The van der Waals surface area contributed by atoms with Gasteiger partial charge in [0.05, 0.1) is 5.56 Å². The van der Waals surface area contributed by atoms with Gasteiger partial charge < -0.3 is 10.2 Å². The number of nitrogens with one attached hydrogen (secondary N) is 1. The van der Waals surface area contributed by atoms with Crippen LogP contribution < -0.4 is 5.32 Å². The van der Waals surface area contributed by atoms with Crippen LogP contribution in [0.2, 0.25) is 0 Å². The highest BCUT2D eigenvalue weighted by Gasteiger charge is 2.30. The van der Waals surface area contributed by atoms with Crippen molar-refractivity contribution in [1.29, 1.82) is 0 Å². The fraction of sp³-hybridized carbons (Fsp3) is 0.500. The number of hydrogen-bond acceptors (Lipinski definition) is 1. The van der Waals surface area contributed by atoms with Crippen molar-refractivity contribution in [3.63, 3.8) is 0 Å². The van der Waals surface area contributed by atoms with Gasteiger partial charge in [-0.25, -0.2) is 4.79 Å². The van der Waals surface area contributed by atoms with Gasteiger partial charge in [0.15, 0.2) is 0 Å². The van der Waals surface area contributed by atoms with Crippen molar-refractivity contribution < 1.29 is 18.0 Å². The number of hydrogen-bond donors (Lipinski definition) is 1. The summed E-state index contributed by atoms with van der Waals surface area (Å²) in [5.41, 5.74) is -0.616. The first-order valence-corrected chi connectivity index (χ1v) is 6.61. The van der Waals surface area contributed by atoms with Crippen molar-refractivity contribution >= 4 is 11.7 Å². The summed E-state index contributed by atoms with van der Waals surface area (Å²) >= 11 is 0. The molecule has 0 bridgehead atoms. The fourth-order valence-corrected chi connectivity index (χ4v) is 1.83. The lowest BCUT2D eigenvalue weighted by molar-refractivity contribution is -0.137. The SMILES string of the molecule is CCCN(CCC)C(=O)Nc1cccc(C(F)(F)F)c1. The van der Waals surface area contributed by atoms with E-state index in [1.807, 2.05) is 13.8 Å². The summed E-state index contributed by atoms with van der Waals surface area (Å²) in [4.78, 5) is 13.6. The van der Waals surface area contributed by atoms with Crippen molar-refractivity contribution in [2.45, 2.75) is 32.9 Å². The topological polar surface area (TPSA) is 32.3 Å². The number of carbonyl (C=O) groups excluding carboxylic acids is 1. The average molecular weight is 288 g/mol. The van der Waals surface area contributed by atoms with E-state index in [1.165, 1.54) is 12.1 Å². The number of halogens is 3. The van der Waals surface area contributed by atoms with Crippen LogP contribution in [0.4, 0.5) is 23.7 Å². The lowest BCUT2D eigenvalue weighted by atomic mass is 10.2. The fourth-order valence-electron chi connectivity index (χ4n) is 1.83. The Balaban J connectivity index is 2.79. The Hall–Kier alpha value is -1.72. The van der Waals surface area contributed by atoms with E-state index in [2.05, 4.69) is 5.32 Å². The van der Waals surface area contributed by atoms with Gasteiger partial charge in [-0.3, -0.25) is 0 Å². The molecule has 1 N–H and O–H groups in total. The van der Waals surface area contributed by atoms with Crippen molar-refractivity contribution in [2.24, 2.45) is 0 Å². The Labute approximate surface area is 116 Å². The van der Waals surface area contributed by atoms with Gasteiger partial charge in [0, 0.05) is 18.8 Å². The smallest absolute Gasteiger partial charge is 0.325 e. The quantitative estimate of drug-likeness (QED) is 0.857. The van der Waals surface area contributed by atoms with Crippen LogP contribution in [0.1, 0.15) is 32.3 Å². The van der Waals surface area contributed by atoms with Crippen LogP contribution in [-0.4, -0.2) is 24.0 Å². The van der Waals surface area contributed by atoms with Gasteiger partial charge in [-0.2, -0.15) is 13.2 Å². The number of alkyl halides is 3. The van der Waals surface area contributed by atoms with Crippen LogP contribution >= 0.6 is 0 Å². The first kappa shape index (κ1) is 16.3. The highest BCUT2D eigenvalue weighted by molar-refractivity contribution is 5.89. The van der Waals surface area contributed by atoms with Gasteiger partial charge in [-0.15, -0.1) is 0 Å². The number of benzene rings is 1. The lowest BCUT2D eigenvalue weighted by Crippen LogP contribution is -2.36. The minimum absolute atomic E-state index is 0.155. The summed E-state index contributed by atoms with van der Waals surface area (Å²) in [6.07, 6.45) is -2.81. The average Bonchev–Trinajstić information content (AvgIpc) is 2.38. The van der Waals surface area contributed by atoms with E-state index in [1.54, 1.807) is 4.90 Å². The van der Waals surface area contributed by atoms with E-state index in [0.29, 0.717) is 13.1 Å². The first-order valence-electron chi connectivity index (χ1n) is 6.61. The minimum Gasteiger partial charge on any atom is -0.325 e. The third-order valence-corrected chi connectivity index (χ3v) is 2.72. The van der Waals surface area contributed by atoms with Gasteiger partial charge >= 0.3 is 12.2 Å². The lowest BCUT2D eigenvalue weighted by Gasteiger charge is -2.22. The largest absolute Gasteiger partial charge is 0.416 e. The molecule has 3 nitrogen and oxygen atoms in total. The minimum atomic E-state index is -4.41. The van der Waals surface area contributed by atoms with Gasteiger partial charge in [0.1, 0.15) is 0 Å². The number of rotatable bonds is 5. The standard InChI is InChI=1S/C14H19F3N2O/c1-3-8-19(9-4-2)13(20)18-12-7-5-6-11(10-12)14(15,16)17/h5-7,10H,3-4,8-9H2,1-2H3,(H,18,20). The monoisotopic (exact) mass is 288 g/mol. The van der Waals surface area contributed by atoms with E-state index in [-0.39, 0.29) is 11.7 Å². The summed E-state index contributed by atoms with van der Waals surface area (Å²) < 4.78 is 37.7. The number of amides is 2. The van der Waals surface area contributed by atoms with E-state index in [9.17, 15) is 18.0 Å². The molecule has 0 saturated heterocycles. The molecule has 0 spiro atoms. The van der Waals surface area contributed by atoms with E-state index in [0.717, 1.165) is 25.0 Å². The summed E-state index contributed by atoms with van der Waals surface area (Å²) in [7, 11) is 0. The molecule has 0 atom stereocenters. The second-order valence-corrected chi connectivity index (χ2v) is 4.50. The number of anilines is 1. The van der Waals surface area contributed by atoms with Crippen molar-refractivity contribution in [2.75, 3.05) is 18.4 Å². The van der Waals surface area contributed by atoms with Gasteiger partial charge in [-0.1, -0.05) is 19.9 Å². The van der Waals surface area contributed by atoms with E-state index < -0.39 is 11.7 Å². The van der Waals surface area contributed by atoms with Crippen LogP contribution in [-0.2, 0) is 6.18 Å². The molecule has 0 heterocycles. The summed E-state index contributed by atoms with van der Waals surface area (Å²) in [6.45, 7) is 5.05. The second kappa shape index (κ2) is 7.17. The molecule has 0 radical (unpaired) electrons. The Morgan fingerprint density at radius 1 is 1.20 bits per heavy atom. The molecule has 0 fully saturated rings. The number of nitrogens with zero attached hydrogens (tertiary/aromatic N) is 1. The van der Waals surface area contributed by atoms with Crippen LogP contribution in [0, 0.1) is 0 Å². The molecule has 1 aromatic rings. The molecule has 2 amide bonds. The normalized spacial score (nSPS) is 11.2. The first-order chi connectivity index (χ1) is 9.38. The second-order valence-electron chi connectivity index (χ2n) is 4.50. The maximum Gasteiger partial charge on any atom is 0.416 e. The van der Waals surface area contributed by atoms with Crippen molar-refractivity contribution in [1.82, 2.24) is 4.90 Å². The highest BCUT2D eigenvalue weighted by atomic mass is 19.4. The summed E-state index contributed by atoms with van der Waals surface area (Å²) in [5, 5.41) is 2.51. The molecule has 0 saturated carbocycles. The van der Waals surface area contributed by atoms with Gasteiger partial charge in [0.2, 0.25) is 0 Å². The molecule has 0 aromatic heterocycles. The van der Waals surface area contributed by atoms with Crippen LogP contribution in [0.15, 0.2) is 24.3 Å². The number of urea groups is 1. The van der Waals surface area contributed by atoms with Crippen molar-refractivity contribution in [3.05, 3.63) is 29.8 Å². The predicted molar refractivity (Wildman–Crippen MR) is 72.6 cm³/mol. The van der Waals surface area contributed by atoms with E-state index >= 15 is 0 Å². The zero-order valence-corrected chi connectivity index (χ0v) is 11.6. The third-order valence-electron chi connectivity index (χ3n) is 2.72. The molecule has 0 unspecified atom stereocenters. The molecule has 0 aliphatic carbocycles. The molecule has 0 aliphatic rings. The Kier molecular flexibility index (Phi) is 5.85. The Bertz CT molecular complexity index is 440. The highest BCUT2D eigenvalue weighted by Crippen LogP contribution is 2.30. The molecular formula is C14H19F3N2O. The maximum atomic E-state index is 12.6. The zero-order valence-electron chi connectivity index (χ0n) is 11.6. The zero-order chi connectivity index (χ0) is 15.2. The molecule has 20 heavy (non-hydrogen) atoms.